The minimum Gasteiger partial charge on any atom is -0.305 e. The van der Waals surface area contributed by atoms with Gasteiger partial charge in [0.1, 0.15) is 17.4 Å². The molecule has 0 aromatic heterocycles. The SMILES string of the molecule is CC1(C)CC(=O)CC(=C(C#N)C(=O)C=N)C1. The van der Waals surface area contributed by atoms with Crippen molar-refractivity contribution in [3.63, 3.8) is 0 Å². The summed E-state index contributed by atoms with van der Waals surface area (Å²) in [5, 5.41) is 15.8. The van der Waals surface area contributed by atoms with Crippen molar-refractivity contribution in [1.29, 1.82) is 10.7 Å². The molecule has 0 atom stereocenters. The quantitative estimate of drug-likeness (QED) is 0.436. The van der Waals surface area contributed by atoms with Crippen molar-refractivity contribution in [3.8, 4) is 6.07 Å². The van der Waals surface area contributed by atoms with E-state index in [1.54, 1.807) is 0 Å². The predicted molar refractivity (Wildman–Crippen MR) is 59.1 cm³/mol. The van der Waals surface area contributed by atoms with E-state index in [0.29, 0.717) is 24.6 Å². The number of hydrogen-bond donors (Lipinski definition) is 1. The first-order valence-electron chi connectivity index (χ1n) is 5.08. The zero-order valence-electron chi connectivity index (χ0n) is 9.46. The summed E-state index contributed by atoms with van der Waals surface area (Å²) in [6.45, 7) is 3.88. The molecule has 1 aliphatic rings. The second kappa shape index (κ2) is 4.40. The first-order chi connectivity index (χ1) is 7.39. The maximum Gasteiger partial charge on any atom is 0.213 e. The van der Waals surface area contributed by atoms with Crippen LogP contribution in [0.1, 0.15) is 33.1 Å². The Morgan fingerprint density at radius 3 is 2.56 bits per heavy atom. The molecule has 0 amide bonds. The van der Waals surface area contributed by atoms with Crippen LogP contribution in [0.5, 0.6) is 0 Å². The van der Waals surface area contributed by atoms with Crippen molar-refractivity contribution in [2.45, 2.75) is 33.1 Å². The summed E-state index contributed by atoms with van der Waals surface area (Å²) in [7, 11) is 0. The van der Waals surface area contributed by atoms with E-state index >= 15 is 0 Å². The van der Waals surface area contributed by atoms with Gasteiger partial charge in [0, 0.05) is 12.8 Å². The Morgan fingerprint density at radius 1 is 1.50 bits per heavy atom. The fourth-order valence-electron chi connectivity index (χ4n) is 2.09. The number of ketones is 2. The maximum atomic E-state index is 11.5. The lowest BCUT2D eigenvalue weighted by atomic mass is 9.73. The summed E-state index contributed by atoms with van der Waals surface area (Å²) < 4.78 is 0. The van der Waals surface area contributed by atoms with E-state index in [1.807, 2.05) is 19.9 Å². The number of nitrogens with zero attached hydrogens (tertiary/aromatic N) is 1. The Labute approximate surface area is 94.5 Å². The Hall–Kier alpha value is -1.76. The van der Waals surface area contributed by atoms with Crippen molar-refractivity contribution >= 4 is 17.8 Å². The van der Waals surface area contributed by atoms with Gasteiger partial charge in [0.2, 0.25) is 5.78 Å². The molecule has 0 unspecified atom stereocenters. The van der Waals surface area contributed by atoms with Crippen LogP contribution in [-0.4, -0.2) is 17.8 Å². The molecule has 4 heteroatoms. The molecule has 0 saturated heterocycles. The summed E-state index contributed by atoms with van der Waals surface area (Å²) >= 11 is 0. The Morgan fingerprint density at radius 2 is 2.12 bits per heavy atom. The van der Waals surface area contributed by atoms with Crippen LogP contribution in [-0.2, 0) is 9.59 Å². The highest BCUT2D eigenvalue weighted by Gasteiger charge is 2.31. The molecule has 84 valence electrons. The Bertz CT molecular complexity index is 425. The summed E-state index contributed by atoms with van der Waals surface area (Å²) in [6.07, 6.45) is 1.85. The molecule has 0 heterocycles. The van der Waals surface area contributed by atoms with Crippen molar-refractivity contribution in [2.75, 3.05) is 0 Å². The standard InChI is InChI=1S/C12H14N2O2/c1-12(2)4-8(3-9(15)5-12)10(6-13)11(16)7-14/h7,14H,3-5H2,1-2H3. The maximum absolute atomic E-state index is 11.5. The third kappa shape index (κ3) is 2.63. The van der Waals surface area contributed by atoms with Crippen LogP contribution >= 0.6 is 0 Å². The molecule has 1 aliphatic carbocycles. The number of nitriles is 1. The third-order valence-corrected chi connectivity index (χ3v) is 2.62. The third-order valence-electron chi connectivity index (χ3n) is 2.62. The van der Waals surface area contributed by atoms with E-state index in [-0.39, 0.29) is 23.2 Å². The van der Waals surface area contributed by atoms with Crippen molar-refractivity contribution in [1.82, 2.24) is 0 Å². The zero-order valence-corrected chi connectivity index (χ0v) is 9.46. The summed E-state index contributed by atoms with van der Waals surface area (Å²) in [5.41, 5.74) is 0.350. The number of nitrogens with one attached hydrogen (secondary N) is 1. The van der Waals surface area contributed by atoms with Crippen molar-refractivity contribution in [2.24, 2.45) is 5.41 Å². The average Bonchev–Trinajstić information content (AvgIpc) is 2.15. The fraction of sp³-hybridized carbons (Fsp3) is 0.500. The van der Waals surface area contributed by atoms with E-state index in [0.717, 1.165) is 0 Å². The Balaban J connectivity index is 3.15. The predicted octanol–water partition coefficient (Wildman–Crippen LogP) is 1.80. The molecule has 1 N–H and O–H groups in total. The average molecular weight is 218 g/mol. The lowest BCUT2D eigenvalue weighted by Gasteiger charge is -2.30. The Kier molecular flexibility index (Phi) is 3.38. The number of Topliss-reactive ketones (excluding diaryl/α,β-unsaturated/α-hetero) is 2. The van der Waals surface area contributed by atoms with E-state index < -0.39 is 5.78 Å². The molecule has 0 bridgehead atoms. The summed E-state index contributed by atoms with van der Waals surface area (Å²) in [6, 6.07) is 1.81. The molecule has 0 radical (unpaired) electrons. The van der Waals surface area contributed by atoms with Crippen LogP contribution < -0.4 is 0 Å². The number of rotatable bonds is 2. The van der Waals surface area contributed by atoms with Gasteiger partial charge in [-0.05, 0) is 17.4 Å². The van der Waals surface area contributed by atoms with Gasteiger partial charge in [0.05, 0.1) is 6.21 Å². The second-order valence-corrected chi connectivity index (χ2v) is 4.83. The van der Waals surface area contributed by atoms with Crippen LogP contribution in [0, 0.1) is 22.2 Å². The molecular formula is C12H14N2O2. The van der Waals surface area contributed by atoms with Crippen molar-refractivity contribution < 1.29 is 9.59 Å². The number of carbonyl (C=O) groups excluding carboxylic acids is 2. The molecule has 16 heavy (non-hydrogen) atoms. The number of carbonyl (C=O) groups is 2. The van der Waals surface area contributed by atoms with Crippen LogP contribution in [0.15, 0.2) is 11.1 Å². The molecule has 0 aromatic rings. The first kappa shape index (κ1) is 12.3. The van der Waals surface area contributed by atoms with E-state index in [2.05, 4.69) is 0 Å². The summed E-state index contributed by atoms with van der Waals surface area (Å²) in [4.78, 5) is 22.8. The van der Waals surface area contributed by atoms with Crippen LogP contribution in [0.25, 0.3) is 0 Å². The normalized spacial score (nSPS) is 22.2. The monoisotopic (exact) mass is 218 g/mol. The van der Waals surface area contributed by atoms with Gasteiger partial charge < -0.3 is 5.41 Å². The summed E-state index contributed by atoms with van der Waals surface area (Å²) in [5.74, 6) is -0.556. The van der Waals surface area contributed by atoms with E-state index in [1.165, 1.54) is 0 Å². The van der Waals surface area contributed by atoms with Crippen LogP contribution in [0.4, 0.5) is 0 Å². The van der Waals surface area contributed by atoms with Gasteiger partial charge in [0.25, 0.3) is 0 Å². The molecule has 1 saturated carbocycles. The molecule has 1 fully saturated rings. The van der Waals surface area contributed by atoms with E-state index in [4.69, 9.17) is 10.7 Å². The van der Waals surface area contributed by atoms with Crippen molar-refractivity contribution in [3.05, 3.63) is 11.1 Å². The first-order valence-corrected chi connectivity index (χ1v) is 5.08. The van der Waals surface area contributed by atoms with Gasteiger partial charge in [-0.1, -0.05) is 13.8 Å². The van der Waals surface area contributed by atoms with Crippen LogP contribution in [0.3, 0.4) is 0 Å². The molecule has 0 aliphatic heterocycles. The van der Waals surface area contributed by atoms with Crippen LogP contribution in [0.2, 0.25) is 0 Å². The highest BCUT2D eigenvalue weighted by molar-refractivity contribution is 6.35. The topological polar surface area (TPSA) is 81.8 Å². The second-order valence-electron chi connectivity index (χ2n) is 4.83. The van der Waals surface area contributed by atoms with Gasteiger partial charge in [-0.3, -0.25) is 9.59 Å². The highest BCUT2D eigenvalue weighted by atomic mass is 16.1. The smallest absolute Gasteiger partial charge is 0.213 e. The minimum absolute atomic E-state index is 0.0314. The van der Waals surface area contributed by atoms with E-state index in [9.17, 15) is 9.59 Å². The molecule has 0 spiro atoms. The zero-order chi connectivity index (χ0) is 12.3. The lowest BCUT2D eigenvalue weighted by molar-refractivity contribution is -0.121. The number of hydrogen-bond acceptors (Lipinski definition) is 4. The van der Waals surface area contributed by atoms with Gasteiger partial charge in [-0.2, -0.15) is 5.26 Å². The van der Waals surface area contributed by atoms with Gasteiger partial charge >= 0.3 is 0 Å². The molecule has 0 aromatic carbocycles. The molecule has 4 nitrogen and oxygen atoms in total. The molecular weight excluding hydrogens is 204 g/mol. The fourth-order valence-corrected chi connectivity index (χ4v) is 2.09. The number of allylic oxidation sites excluding steroid dienone is 2. The largest absolute Gasteiger partial charge is 0.305 e. The minimum atomic E-state index is -0.608. The van der Waals surface area contributed by atoms with Gasteiger partial charge in [0.15, 0.2) is 0 Å². The van der Waals surface area contributed by atoms with Gasteiger partial charge in [-0.25, -0.2) is 0 Å². The molecule has 1 rings (SSSR count). The lowest BCUT2D eigenvalue weighted by Crippen LogP contribution is -2.25. The van der Waals surface area contributed by atoms with Gasteiger partial charge in [-0.15, -0.1) is 0 Å². The highest BCUT2D eigenvalue weighted by Crippen LogP contribution is 2.37.